The number of nitrogens with zero attached hydrogens (tertiary/aromatic N) is 1. The largest absolute Gasteiger partial charge is 0.352 e. The molecule has 0 unspecified atom stereocenters. The van der Waals surface area contributed by atoms with Crippen LogP contribution in [0.5, 0.6) is 0 Å². The molecule has 0 radical (unpaired) electrons. The molecule has 0 aromatic carbocycles. The summed E-state index contributed by atoms with van der Waals surface area (Å²) >= 11 is 0. The van der Waals surface area contributed by atoms with Crippen LogP contribution in [0.4, 0.5) is 0 Å². The minimum atomic E-state index is -0.759. The van der Waals surface area contributed by atoms with Gasteiger partial charge in [0, 0.05) is 25.0 Å². The van der Waals surface area contributed by atoms with Crippen LogP contribution in [0.3, 0.4) is 0 Å². The Labute approximate surface area is 122 Å². The number of hydrogen-bond acceptors (Lipinski definition) is 3. The van der Waals surface area contributed by atoms with Gasteiger partial charge in [-0.2, -0.15) is 0 Å². The fraction of sp³-hybridized carbons (Fsp3) is 0.867. The number of nitrogens with two attached hydrogens (primary N) is 1. The molecular formula is C15H29N3O2. The Kier molecular flexibility index (Phi) is 5.99. The second-order valence-electron chi connectivity index (χ2n) is 6.09. The van der Waals surface area contributed by atoms with E-state index in [1.54, 1.807) is 0 Å². The summed E-state index contributed by atoms with van der Waals surface area (Å²) in [6.45, 7) is 9.15. The van der Waals surface area contributed by atoms with Crippen LogP contribution < -0.4 is 11.1 Å². The lowest BCUT2D eigenvalue weighted by atomic mass is 9.92. The van der Waals surface area contributed by atoms with Crippen molar-refractivity contribution in [1.29, 1.82) is 0 Å². The lowest BCUT2D eigenvalue weighted by molar-refractivity contribution is -0.135. The molecule has 5 nitrogen and oxygen atoms in total. The molecule has 116 valence electrons. The van der Waals surface area contributed by atoms with Crippen LogP contribution in [0.1, 0.15) is 53.4 Å². The molecule has 1 saturated heterocycles. The molecule has 3 N–H and O–H groups in total. The zero-order chi connectivity index (χ0) is 15.3. The highest BCUT2D eigenvalue weighted by Gasteiger charge is 2.32. The van der Waals surface area contributed by atoms with Gasteiger partial charge in [0.1, 0.15) is 0 Å². The third-order valence-corrected chi connectivity index (χ3v) is 4.35. The molecule has 0 saturated carbocycles. The predicted molar refractivity (Wildman–Crippen MR) is 80.1 cm³/mol. The molecule has 5 heteroatoms. The number of nitrogens with one attached hydrogen (secondary N) is 1. The van der Waals surface area contributed by atoms with E-state index in [9.17, 15) is 9.59 Å². The molecule has 1 aliphatic heterocycles. The van der Waals surface area contributed by atoms with E-state index in [1.165, 1.54) is 0 Å². The molecule has 0 atom stereocenters. The first-order valence-electron chi connectivity index (χ1n) is 7.72. The van der Waals surface area contributed by atoms with E-state index in [1.807, 2.05) is 32.6 Å². The Morgan fingerprint density at radius 1 is 1.25 bits per heavy atom. The first-order chi connectivity index (χ1) is 9.34. The van der Waals surface area contributed by atoms with Crippen LogP contribution >= 0.6 is 0 Å². The number of carbonyl (C=O) groups is 2. The highest BCUT2D eigenvalue weighted by Crippen LogP contribution is 2.16. The standard InChI is InChI=1S/C15H29N3O2/c1-5-15(16,6-2)14(20)17-12-7-9-18(10-8-12)13(19)11(3)4/h11-12H,5-10,16H2,1-4H3,(H,17,20). The van der Waals surface area contributed by atoms with Gasteiger partial charge >= 0.3 is 0 Å². The average molecular weight is 283 g/mol. The van der Waals surface area contributed by atoms with Crippen molar-refractivity contribution in [3.05, 3.63) is 0 Å². The molecule has 1 heterocycles. The van der Waals surface area contributed by atoms with Gasteiger partial charge in [-0.05, 0) is 25.7 Å². The summed E-state index contributed by atoms with van der Waals surface area (Å²) < 4.78 is 0. The van der Waals surface area contributed by atoms with Gasteiger partial charge in [0.15, 0.2) is 0 Å². The lowest BCUT2D eigenvalue weighted by Gasteiger charge is -2.35. The second kappa shape index (κ2) is 7.07. The molecule has 0 aromatic rings. The van der Waals surface area contributed by atoms with Gasteiger partial charge in [0.05, 0.1) is 5.54 Å². The lowest BCUT2D eigenvalue weighted by Crippen LogP contribution is -2.57. The SMILES string of the molecule is CCC(N)(CC)C(=O)NC1CCN(C(=O)C(C)C)CC1. The summed E-state index contributed by atoms with van der Waals surface area (Å²) in [5.41, 5.74) is 5.34. The summed E-state index contributed by atoms with van der Waals surface area (Å²) in [5.74, 6) is 0.180. The number of likely N-dealkylation sites (tertiary alicyclic amines) is 1. The molecule has 0 spiro atoms. The molecule has 1 aliphatic rings. The van der Waals surface area contributed by atoms with E-state index in [0.29, 0.717) is 12.8 Å². The minimum absolute atomic E-state index is 0.0398. The summed E-state index contributed by atoms with van der Waals surface area (Å²) in [6.07, 6.45) is 2.90. The highest BCUT2D eigenvalue weighted by atomic mass is 16.2. The summed E-state index contributed by atoms with van der Waals surface area (Å²) in [6, 6.07) is 0.139. The van der Waals surface area contributed by atoms with Crippen LogP contribution in [0.25, 0.3) is 0 Å². The topological polar surface area (TPSA) is 75.4 Å². The molecule has 20 heavy (non-hydrogen) atoms. The fourth-order valence-electron chi connectivity index (χ4n) is 2.51. The van der Waals surface area contributed by atoms with E-state index < -0.39 is 5.54 Å². The van der Waals surface area contributed by atoms with Crippen molar-refractivity contribution >= 4 is 11.8 Å². The Bertz CT molecular complexity index is 343. The Morgan fingerprint density at radius 3 is 2.15 bits per heavy atom. The normalized spacial score (nSPS) is 17.4. The maximum absolute atomic E-state index is 12.2. The molecule has 1 rings (SSSR count). The van der Waals surface area contributed by atoms with Crippen LogP contribution in [0, 0.1) is 5.92 Å². The second-order valence-corrected chi connectivity index (χ2v) is 6.09. The van der Waals surface area contributed by atoms with Crippen molar-refractivity contribution in [3.8, 4) is 0 Å². The van der Waals surface area contributed by atoms with Crippen LogP contribution in [0.2, 0.25) is 0 Å². The van der Waals surface area contributed by atoms with Crippen molar-refractivity contribution in [2.75, 3.05) is 13.1 Å². The molecular weight excluding hydrogens is 254 g/mol. The molecule has 0 aliphatic carbocycles. The van der Waals surface area contributed by atoms with Gasteiger partial charge < -0.3 is 16.0 Å². The van der Waals surface area contributed by atoms with Crippen molar-refractivity contribution in [3.63, 3.8) is 0 Å². The number of hydrogen-bond donors (Lipinski definition) is 2. The smallest absolute Gasteiger partial charge is 0.240 e. The highest BCUT2D eigenvalue weighted by molar-refractivity contribution is 5.86. The third kappa shape index (κ3) is 3.95. The van der Waals surface area contributed by atoms with Crippen molar-refractivity contribution in [2.45, 2.75) is 65.0 Å². The van der Waals surface area contributed by atoms with Gasteiger partial charge in [-0.3, -0.25) is 9.59 Å². The van der Waals surface area contributed by atoms with E-state index in [4.69, 9.17) is 5.73 Å². The monoisotopic (exact) mass is 283 g/mol. The third-order valence-electron chi connectivity index (χ3n) is 4.35. The van der Waals surface area contributed by atoms with E-state index in [-0.39, 0.29) is 23.8 Å². The molecule has 0 bridgehead atoms. The Balaban J connectivity index is 2.47. The van der Waals surface area contributed by atoms with Gasteiger partial charge in [-0.25, -0.2) is 0 Å². The number of amides is 2. The van der Waals surface area contributed by atoms with Gasteiger partial charge in [0.25, 0.3) is 0 Å². The fourth-order valence-corrected chi connectivity index (χ4v) is 2.51. The van der Waals surface area contributed by atoms with Crippen molar-refractivity contribution in [2.24, 2.45) is 11.7 Å². The van der Waals surface area contributed by atoms with E-state index in [2.05, 4.69) is 5.32 Å². The van der Waals surface area contributed by atoms with Gasteiger partial charge in [-0.15, -0.1) is 0 Å². The Morgan fingerprint density at radius 2 is 1.75 bits per heavy atom. The summed E-state index contributed by atoms with van der Waals surface area (Å²) in [7, 11) is 0. The zero-order valence-electron chi connectivity index (χ0n) is 13.2. The number of carbonyl (C=O) groups excluding carboxylic acids is 2. The maximum Gasteiger partial charge on any atom is 0.240 e. The van der Waals surface area contributed by atoms with Crippen LogP contribution in [-0.4, -0.2) is 41.4 Å². The van der Waals surface area contributed by atoms with Gasteiger partial charge in [0.2, 0.25) is 11.8 Å². The van der Waals surface area contributed by atoms with Crippen LogP contribution in [0.15, 0.2) is 0 Å². The molecule has 1 fully saturated rings. The van der Waals surface area contributed by atoms with Crippen LogP contribution in [-0.2, 0) is 9.59 Å². The summed E-state index contributed by atoms with van der Waals surface area (Å²) in [5, 5.41) is 3.05. The van der Waals surface area contributed by atoms with E-state index >= 15 is 0 Å². The zero-order valence-corrected chi connectivity index (χ0v) is 13.2. The average Bonchev–Trinajstić information content (AvgIpc) is 2.46. The molecule has 2 amide bonds. The minimum Gasteiger partial charge on any atom is -0.352 e. The van der Waals surface area contributed by atoms with E-state index in [0.717, 1.165) is 25.9 Å². The number of piperidine rings is 1. The van der Waals surface area contributed by atoms with Gasteiger partial charge in [-0.1, -0.05) is 27.7 Å². The number of rotatable bonds is 5. The first-order valence-corrected chi connectivity index (χ1v) is 7.72. The quantitative estimate of drug-likeness (QED) is 0.798. The predicted octanol–water partition coefficient (Wildman–Crippen LogP) is 1.27. The molecule has 0 aromatic heterocycles. The first kappa shape index (κ1) is 17.0. The van der Waals surface area contributed by atoms with Crippen molar-refractivity contribution in [1.82, 2.24) is 10.2 Å². The Hall–Kier alpha value is -1.10. The maximum atomic E-state index is 12.2. The van der Waals surface area contributed by atoms with Crippen molar-refractivity contribution < 1.29 is 9.59 Å². The summed E-state index contributed by atoms with van der Waals surface area (Å²) in [4.78, 5) is 26.0.